The van der Waals surface area contributed by atoms with Gasteiger partial charge >= 0.3 is 0 Å². The fourth-order valence-corrected chi connectivity index (χ4v) is 1.61. The number of ether oxygens (including phenoxy) is 1. The van der Waals surface area contributed by atoms with Crippen LogP contribution in [0.25, 0.3) is 0 Å². The Balaban J connectivity index is 1.83. The zero-order valence-corrected chi connectivity index (χ0v) is 11.3. The Labute approximate surface area is 117 Å². The third-order valence-electron chi connectivity index (χ3n) is 2.36. The van der Waals surface area contributed by atoms with Crippen LogP contribution < -0.4 is 15.4 Å². The molecule has 98 valence electrons. The highest BCUT2D eigenvalue weighted by Crippen LogP contribution is 2.10. The lowest BCUT2D eigenvalue weighted by Gasteiger charge is -2.10. The lowest BCUT2D eigenvalue weighted by molar-refractivity contribution is 0.398. The summed E-state index contributed by atoms with van der Waals surface area (Å²) in [7, 11) is 1.58. The van der Waals surface area contributed by atoms with Gasteiger partial charge < -0.3 is 15.4 Å². The van der Waals surface area contributed by atoms with E-state index in [4.69, 9.17) is 17.0 Å². The molecule has 0 bridgehead atoms. The van der Waals surface area contributed by atoms with Crippen LogP contribution in [0, 0.1) is 0 Å². The van der Waals surface area contributed by atoms with Gasteiger partial charge in [0, 0.05) is 12.3 Å². The van der Waals surface area contributed by atoms with Gasteiger partial charge in [0.05, 0.1) is 31.2 Å². The second-order valence-electron chi connectivity index (χ2n) is 3.72. The van der Waals surface area contributed by atoms with Crippen molar-refractivity contribution in [2.24, 2.45) is 0 Å². The van der Waals surface area contributed by atoms with Gasteiger partial charge in [-0.25, -0.2) is 4.98 Å². The van der Waals surface area contributed by atoms with Crippen LogP contribution in [0.4, 0.5) is 5.69 Å². The van der Waals surface area contributed by atoms with Crippen molar-refractivity contribution in [2.75, 3.05) is 12.4 Å². The molecule has 2 N–H and O–H groups in total. The monoisotopic (exact) mass is 274 g/mol. The minimum atomic E-state index is 0.526. The molecule has 2 aromatic rings. The summed E-state index contributed by atoms with van der Waals surface area (Å²) in [6.07, 6.45) is 3.41. The van der Waals surface area contributed by atoms with E-state index in [1.165, 1.54) is 0 Å². The minimum Gasteiger partial charge on any atom is -0.481 e. The SMILES string of the molecule is COc1ccc(NC(=S)NCc2ccccn2)cn1. The molecular weight excluding hydrogens is 260 g/mol. The summed E-state index contributed by atoms with van der Waals surface area (Å²) in [5.74, 6) is 0.568. The fourth-order valence-electron chi connectivity index (χ4n) is 1.42. The average Bonchev–Trinajstić information content (AvgIpc) is 2.47. The standard InChI is InChI=1S/C13H14N4OS/c1-18-12-6-5-11(9-15-12)17-13(19)16-8-10-4-2-3-7-14-10/h2-7,9H,8H2,1H3,(H2,16,17,19). The molecule has 2 heterocycles. The predicted molar refractivity (Wildman–Crippen MR) is 78.1 cm³/mol. The van der Waals surface area contributed by atoms with E-state index < -0.39 is 0 Å². The Morgan fingerprint density at radius 1 is 1.26 bits per heavy atom. The zero-order valence-electron chi connectivity index (χ0n) is 10.5. The van der Waals surface area contributed by atoms with Crippen molar-refractivity contribution < 1.29 is 4.74 Å². The van der Waals surface area contributed by atoms with Gasteiger partial charge in [-0.3, -0.25) is 4.98 Å². The first-order valence-electron chi connectivity index (χ1n) is 5.73. The lowest BCUT2D eigenvalue weighted by Crippen LogP contribution is -2.28. The molecule has 0 atom stereocenters. The number of anilines is 1. The maximum absolute atomic E-state index is 5.19. The fraction of sp³-hybridized carbons (Fsp3) is 0.154. The third-order valence-corrected chi connectivity index (χ3v) is 2.61. The highest BCUT2D eigenvalue weighted by molar-refractivity contribution is 7.80. The average molecular weight is 274 g/mol. The van der Waals surface area contributed by atoms with E-state index in [0.29, 0.717) is 17.5 Å². The quantitative estimate of drug-likeness (QED) is 0.831. The van der Waals surface area contributed by atoms with E-state index in [0.717, 1.165) is 11.4 Å². The van der Waals surface area contributed by atoms with E-state index in [2.05, 4.69) is 20.6 Å². The maximum Gasteiger partial charge on any atom is 0.213 e. The normalized spacial score (nSPS) is 9.74. The van der Waals surface area contributed by atoms with Crippen molar-refractivity contribution in [2.45, 2.75) is 6.54 Å². The molecule has 0 amide bonds. The zero-order chi connectivity index (χ0) is 13.5. The van der Waals surface area contributed by atoms with Crippen LogP contribution >= 0.6 is 12.2 Å². The summed E-state index contributed by atoms with van der Waals surface area (Å²) in [6.45, 7) is 0.580. The van der Waals surface area contributed by atoms with Crippen molar-refractivity contribution in [1.29, 1.82) is 0 Å². The first-order chi connectivity index (χ1) is 9.28. The summed E-state index contributed by atoms with van der Waals surface area (Å²) < 4.78 is 4.98. The minimum absolute atomic E-state index is 0.526. The Bertz CT molecular complexity index is 530. The van der Waals surface area contributed by atoms with E-state index in [-0.39, 0.29) is 0 Å². The highest BCUT2D eigenvalue weighted by atomic mass is 32.1. The van der Waals surface area contributed by atoms with Gasteiger partial charge in [-0.1, -0.05) is 6.07 Å². The number of methoxy groups -OCH3 is 1. The Hall–Kier alpha value is -2.21. The molecule has 0 saturated heterocycles. The molecule has 0 aromatic carbocycles. The smallest absolute Gasteiger partial charge is 0.213 e. The van der Waals surface area contributed by atoms with Gasteiger partial charge in [-0.05, 0) is 30.4 Å². The van der Waals surface area contributed by atoms with Crippen molar-refractivity contribution in [1.82, 2.24) is 15.3 Å². The van der Waals surface area contributed by atoms with E-state index in [9.17, 15) is 0 Å². The molecule has 6 heteroatoms. The molecule has 19 heavy (non-hydrogen) atoms. The molecule has 0 aliphatic rings. The number of thiocarbonyl (C=S) groups is 1. The number of aromatic nitrogens is 2. The highest BCUT2D eigenvalue weighted by Gasteiger charge is 1.99. The molecule has 0 aliphatic carbocycles. The van der Waals surface area contributed by atoms with Crippen LogP contribution in [0.2, 0.25) is 0 Å². The van der Waals surface area contributed by atoms with Gasteiger partial charge in [-0.2, -0.15) is 0 Å². The Kier molecular flexibility index (Phi) is 4.63. The number of hydrogen-bond acceptors (Lipinski definition) is 4. The first kappa shape index (κ1) is 13.2. The molecule has 0 unspecified atom stereocenters. The molecule has 5 nitrogen and oxygen atoms in total. The molecular formula is C13H14N4OS. The Morgan fingerprint density at radius 2 is 2.16 bits per heavy atom. The van der Waals surface area contributed by atoms with Crippen LogP contribution in [0.5, 0.6) is 5.88 Å². The van der Waals surface area contributed by atoms with Crippen molar-refractivity contribution in [3.8, 4) is 5.88 Å². The molecule has 2 aromatic heterocycles. The summed E-state index contributed by atoms with van der Waals surface area (Å²) >= 11 is 5.19. The number of hydrogen-bond donors (Lipinski definition) is 2. The van der Waals surface area contributed by atoms with Crippen LogP contribution in [0.15, 0.2) is 42.7 Å². The number of nitrogens with one attached hydrogen (secondary N) is 2. The van der Waals surface area contributed by atoms with Crippen LogP contribution in [-0.2, 0) is 6.54 Å². The second-order valence-corrected chi connectivity index (χ2v) is 4.13. The summed E-state index contributed by atoms with van der Waals surface area (Å²) in [6, 6.07) is 9.37. The lowest BCUT2D eigenvalue weighted by atomic mass is 10.3. The van der Waals surface area contributed by atoms with Gasteiger partial charge in [0.2, 0.25) is 5.88 Å². The molecule has 0 radical (unpaired) electrons. The van der Waals surface area contributed by atoms with Gasteiger partial charge in [0.15, 0.2) is 5.11 Å². The van der Waals surface area contributed by atoms with E-state index in [1.807, 2.05) is 24.3 Å². The summed E-state index contributed by atoms with van der Waals surface area (Å²) in [4.78, 5) is 8.29. The number of pyridine rings is 2. The van der Waals surface area contributed by atoms with Crippen LogP contribution in [-0.4, -0.2) is 22.2 Å². The van der Waals surface area contributed by atoms with Crippen LogP contribution in [0.1, 0.15) is 5.69 Å². The molecule has 2 rings (SSSR count). The van der Waals surface area contributed by atoms with Gasteiger partial charge in [0.25, 0.3) is 0 Å². The van der Waals surface area contributed by atoms with Crippen molar-refractivity contribution in [3.05, 3.63) is 48.4 Å². The van der Waals surface area contributed by atoms with Crippen molar-refractivity contribution >= 4 is 23.0 Å². The second kappa shape index (κ2) is 6.65. The summed E-state index contributed by atoms with van der Waals surface area (Å²) in [5, 5.41) is 6.64. The largest absolute Gasteiger partial charge is 0.481 e. The molecule has 0 saturated carbocycles. The third kappa shape index (κ3) is 4.18. The number of nitrogens with zero attached hydrogens (tertiary/aromatic N) is 2. The van der Waals surface area contributed by atoms with Crippen LogP contribution in [0.3, 0.4) is 0 Å². The van der Waals surface area contributed by atoms with Gasteiger partial charge in [-0.15, -0.1) is 0 Å². The molecule has 0 spiro atoms. The van der Waals surface area contributed by atoms with Gasteiger partial charge in [0.1, 0.15) is 0 Å². The maximum atomic E-state index is 5.19. The number of rotatable bonds is 4. The topological polar surface area (TPSA) is 59.1 Å². The van der Waals surface area contributed by atoms with Crippen molar-refractivity contribution in [3.63, 3.8) is 0 Å². The predicted octanol–water partition coefficient (Wildman–Crippen LogP) is 1.97. The van der Waals surface area contributed by atoms with E-state index in [1.54, 1.807) is 25.6 Å². The summed E-state index contributed by atoms with van der Waals surface area (Å²) in [5.41, 5.74) is 1.74. The molecule has 0 aliphatic heterocycles. The molecule has 0 fully saturated rings. The first-order valence-corrected chi connectivity index (χ1v) is 6.13. The van der Waals surface area contributed by atoms with E-state index >= 15 is 0 Å². The Morgan fingerprint density at radius 3 is 2.79 bits per heavy atom.